The number of hydroxylamine groups is 1. The molecule has 0 aromatic carbocycles. The third kappa shape index (κ3) is 5.09. The van der Waals surface area contributed by atoms with Crippen molar-refractivity contribution in [2.24, 2.45) is 5.92 Å². The second-order valence-corrected chi connectivity index (χ2v) is 3.09. The minimum atomic E-state index is -0.0851. The van der Waals surface area contributed by atoms with Crippen molar-refractivity contribution in [2.45, 2.75) is 26.9 Å². The molecule has 0 fully saturated rings. The molecular formula is C8H18N2O2. The highest BCUT2D eigenvalue weighted by Gasteiger charge is 2.11. The molecule has 0 saturated carbocycles. The molecule has 0 bridgehead atoms. The van der Waals surface area contributed by atoms with Gasteiger partial charge in [-0.2, -0.15) is 0 Å². The van der Waals surface area contributed by atoms with E-state index in [4.69, 9.17) is 4.84 Å². The van der Waals surface area contributed by atoms with Crippen molar-refractivity contribution >= 4 is 5.91 Å². The summed E-state index contributed by atoms with van der Waals surface area (Å²) in [6.07, 6.45) is 0.0238. The Kier molecular flexibility index (Phi) is 5.66. The summed E-state index contributed by atoms with van der Waals surface area (Å²) in [6.45, 7) is 6.23. The topological polar surface area (TPSA) is 50.4 Å². The first kappa shape index (κ1) is 11.4. The minimum Gasteiger partial charge on any atom is -0.319 e. The van der Waals surface area contributed by atoms with Gasteiger partial charge in [-0.3, -0.25) is 9.63 Å². The fraction of sp³-hybridized carbons (Fsp3) is 0.875. The van der Waals surface area contributed by atoms with Crippen molar-refractivity contribution < 1.29 is 9.63 Å². The molecular weight excluding hydrogens is 156 g/mol. The first-order chi connectivity index (χ1) is 5.57. The van der Waals surface area contributed by atoms with Gasteiger partial charge in [-0.25, -0.2) is 5.48 Å². The van der Waals surface area contributed by atoms with Gasteiger partial charge in [0.25, 0.3) is 0 Å². The molecule has 0 aliphatic carbocycles. The van der Waals surface area contributed by atoms with Crippen LogP contribution in [0.5, 0.6) is 0 Å². The lowest BCUT2D eigenvalue weighted by molar-refractivity contribution is -0.140. The molecule has 0 aliphatic heterocycles. The Morgan fingerprint density at radius 1 is 1.42 bits per heavy atom. The van der Waals surface area contributed by atoms with Crippen LogP contribution in [0.3, 0.4) is 0 Å². The zero-order valence-electron chi connectivity index (χ0n) is 8.18. The fourth-order valence-electron chi connectivity index (χ4n) is 0.675. The Morgan fingerprint density at radius 3 is 2.42 bits per heavy atom. The second-order valence-electron chi connectivity index (χ2n) is 3.09. The SMILES string of the molecule is CNCC(C)C(=O)NOC(C)C. The number of hydrogen-bond acceptors (Lipinski definition) is 3. The molecule has 1 unspecified atom stereocenters. The van der Waals surface area contributed by atoms with Crippen LogP contribution in [0.25, 0.3) is 0 Å². The Hall–Kier alpha value is -0.610. The summed E-state index contributed by atoms with van der Waals surface area (Å²) in [7, 11) is 1.81. The third-order valence-corrected chi connectivity index (χ3v) is 1.35. The standard InChI is InChI=1S/C8H18N2O2/c1-6(2)12-10-8(11)7(3)5-9-4/h6-7,9H,5H2,1-4H3,(H,10,11). The summed E-state index contributed by atoms with van der Waals surface area (Å²) in [5, 5.41) is 2.92. The second kappa shape index (κ2) is 5.97. The van der Waals surface area contributed by atoms with E-state index in [1.165, 1.54) is 0 Å². The van der Waals surface area contributed by atoms with Crippen molar-refractivity contribution in [3.05, 3.63) is 0 Å². The first-order valence-corrected chi connectivity index (χ1v) is 4.18. The molecule has 4 heteroatoms. The average Bonchev–Trinajstić information content (AvgIpc) is 2.00. The van der Waals surface area contributed by atoms with Crippen LogP contribution in [-0.4, -0.2) is 25.6 Å². The van der Waals surface area contributed by atoms with E-state index in [9.17, 15) is 4.79 Å². The Labute approximate surface area is 73.6 Å². The van der Waals surface area contributed by atoms with E-state index in [0.717, 1.165) is 0 Å². The van der Waals surface area contributed by atoms with Gasteiger partial charge in [-0.1, -0.05) is 6.92 Å². The third-order valence-electron chi connectivity index (χ3n) is 1.35. The van der Waals surface area contributed by atoms with Crippen LogP contribution in [-0.2, 0) is 9.63 Å². The molecule has 0 aliphatic rings. The molecule has 1 amide bonds. The molecule has 72 valence electrons. The van der Waals surface area contributed by atoms with Crippen molar-refractivity contribution in [2.75, 3.05) is 13.6 Å². The summed E-state index contributed by atoms with van der Waals surface area (Å²) in [6, 6.07) is 0. The lowest BCUT2D eigenvalue weighted by Crippen LogP contribution is -2.35. The van der Waals surface area contributed by atoms with Crippen LogP contribution < -0.4 is 10.8 Å². The molecule has 0 saturated heterocycles. The molecule has 0 radical (unpaired) electrons. The highest BCUT2D eigenvalue weighted by Crippen LogP contribution is 1.92. The van der Waals surface area contributed by atoms with Crippen LogP contribution in [0.1, 0.15) is 20.8 Å². The van der Waals surface area contributed by atoms with E-state index in [1.54, 1.807) is 0 Å². The quantitative estimate of drug-likeness (QED) is 0.589. The average molecular weight is 174 g/mol. The predicted octanol–water partition coefficient (Wildman–Crippen LogP) is 0.298. The summed E-state index contributed by atoms with van der Waals surface area (Å²) < 4.78 is 0. The van der Waals surface area contributed by atoms with Crippen molar-refractivity contribution in [1.82, 2.24) is 10.8 Å². The van der Waals surface area contributed by atoms with Gasteiger partial charge in [0.15, 0.2) is 0 Å². The molecule has 12 heavy (non-hydrogen) atoms. The van der Waals surface area contributed by atoms with Gasteiger partial charge in [0, 0.05) is 12.5 Å². The maximum atomic E-state index is 11.2. The summed E-state index contributed by atoms with van der Waals surface area (Å²) in [5.74, 6) is -0.146. The zero-order valence-corrected chi connectivity index (χ0v) is 8.18. The number of rotatable bonds is 5. The van der Waals surface area contributed by atoms with E-state index in [-0.39, 0.29) is 17.9 Å². The number of amides is 1. The van der Waals surface area contributed by atoms with Crippen LogP contribution in [0.15, 0.2) is 0 Å². The Bertz CT molecular complexity index is 137. The van der Waals surface area contributed by atoms with E-state index in [0.29, 0.717) is 6.54 Å². The summed E-state index contributed by atoms with van der Waals surface area (Å²) in [5.41, 5.74) is 2.39. The fourth-order valence-corrected chi connectivity index (χ4v) is 0.675. The van der Waals surface area contributed by atoms with Gasteiger partial charge < -0.3 is 5.32 Å². The Balaban J connectivity index is 3.57. The van der Waals surface area contributed by atoms with E-state index < -0.39 is 0 Å². The number of nitrogens with one attached hydrogen (secondary N) is 2. The maximum absolute atomic E-state index is 11.2. The number of carbonyl (C=O) groups excluding carboxylic acids is 1. The van der Waals surface area contributed by atoms with Gasteiger partial charge in [-0.05, 0) is 20.9 Å². The number of carbonyl (C=O) groups is 1. The zero-order chi connectivity index (χ0) is 9.56. The van der Waals surface area contributed by atoms with E-state index in [1.807, 2.05) is 27.8 Å². The first-order valence-electron chi connectivity index (χ1n) is 4.18. The van der Waals surface area contributed by atoms with Gasteiger partial charge in [0.05, 0.1) is 6.10 Å². The van der Waals surface area contributed by atoms with Crippen molar-refractivity contribution in [3.63, 3.8) is 0 Å². The smallest absolute Gasteiger partial charge is 0.247 e. The molecule has 0 aromatic heterocycles. The lowest BCUT2D eigenvalue weighted by Gasteiger charge is -2.12. The van der Waals surface area contributed by atoms with Gasteiger partial charge >= 0.3 is 0 Å². The van der Waals surface area contributed by atoms with Gasteiger partial charge in [0.2, 0.25) is 5.91 Å². The van der Waals surface area contributed by atoms with Crippen molar-refractivity contribution in [1.29, 1.82) is 0 Å². The van der Waals surface area contributed by atoms with E-state index in [2.05, 4.69) is 10.8 Å². The highest BCUT2D eigenvalue weighted by atomic mass is 16.7. The van der Waals surface area contributed by atoms with Crippen LogP contribution >= 0.6 is 0 Å². The van der Waals surface area contributed by atoms with Gasteiger partial charge in [-0.15, -0.1) is 0 Å². The highest BCUT2D eigenvalue weighted by molar-refractivity contribution is 5.77. The lowest BCUT2D eigenvalue weighted by atomic mass is 10.2. The van der Waals surface area contributed by atoms with Crippen LogP contribution in [0, 0.1) is 5.92 Å². The normalized spacial score (nSPS) is 13.1. The molecule has 4 nitrogen and oxygen atoms in total. The largest absolute Gasteiger partial charge is 0.319 e. The van der Waals surface area contributed by atoms with E-state index >= 15 is 0 Å². The van der Waals surface area contributed by atoms with Crippen LogP contribution in [0.2, 0.25) is 0 Å². The maximum Gasteiger partial charge on any atom is 0.247 e. The summed E-state index contributed by atoms with van der Waals surface area (Å²) in [4.78, 5) is 16.1. The molecule has 0 heterocycles. The monoisotopic (exact) mass is 174 g/mol. The molecule has 2 N–H and O–H groups in total. The molecule has 0 spiro atoms. The van der Waals surface area contributed by atoms with Crippen molar-refractivity contribution in [3.8, 4) is 0 Å². The Morgan fingerprint density at radius 2 is 2.00 bits per heavy atom. The molecule has 0 aromatic rings. The summed E-state index contributed by atoms with van der Waals surface area (Å²) >= 11 is 0. The molecule has 0 rings (SSSR count). The number of hydrogen-bond donors (Lipinski definition) is 2. The predicted molar refractivity (Wildman–Crippen MR) is 47.5 cm³/mol. The minimum absolute atomic E-state index is 0.0238. The van der Waals surface area contributed by atoms with Gasteiger partial charge in [0.1, 0.15) is 0 Å². The molecule has 1 atom stereocenters. The van der Waals surface area contributed by atoms with Crippen LogP contribution in [0.4, 0.5) is 0 Å².